The number of fused-ring (bicyclic) bond motifs is 1. The summed E-state index contributed by atoms with van der Waals surface area (Å²) in [6.07, 6.45) is 1.00. The molecule has 1 N–H and O–H groups in total. The van der Waals surface area contributed by atoms with Gasteiger partial charge < -0.3 is 14.5 Å². The molecule has 1 aliphatic rings. The lowest BCUT2D eigenvalue weighted by Crippen LogP contribution is -2.46. The predicted molar refractivity (Wildman–Crippen MR) is 137 cm³/mol. The number of nitrogens with one attached hydrogen (secondary N) is 1. The standard InChI is InChI=1S/C27H33F4N3O2Si/c1-26(2,3)37(4,5)35-16-17-10-24(28)23(21-7-8-32-14-22(17)21)15-34-18-11-20(12-18)36-19-6-9-33-25(13-19)27(29,30)31/h6-10,13-14,18,20,34H,11-12,15-16H2,1-5H3. The Morgan fingerprint density at radius 1 is 1.05 bits per heavy atom. The summed E-state index contributed by atoms with van der Waals surface area (Å²) in [5.41, 5.74) is 0.359. The predicted octanol–water partition coefficient (Wildman–Crippen LogP) is 7.01. The quantitative estimate of drug-likeness (QED) is 0.248. The molecule has 37 heavy (non-hydrogen) atoms. The van der Waals surface area contributed by atoms with Crippen LogP contribution in [0.5, 0.6) is 5.75 Å². The van der Waals surface area contributed by atoms with Crippen molar-refractivity contribution in [3.8, 4) is 5.75 Å². The van der Waals surface area contributed by atoms with Gasteiger partial charge in [-0.1, -0.05) is 20.8 Å². The molecule has 0 spiro atoms. The number of nitrogens with zero attached hydrogens (tertiary/aromatic N) is 2. The van der Waals surface area contributed by atoms with Crippen LogP contribution in [0.25, 0.3) is 10.8 Å². The lowest BCUT2D eigenvalue weighted by atomic mass is 9.88. The van der Waals surface area contributed by atoms with E-state index in [-0.39, 0.29) is 28.8 Å². The van der Waals surface area contributed by atoms with Gasteiger partial charge in [-0.25, -0.2) is 4.39 Å². The van der Waals surface area contributed by atoms with Gasteiger partial charge in [-0.05, 0) is 60.1 Å². The molecule has 5 nitrogen and oxygen atoms in total. The van der Waals surface area contributed by atoms with E-state index < -0.39 is 20.2 Å². The molecular weight excluding hydrogens is 502 g/mol. The van der Waals surface area contributed by atoms with Crippen LogP contribution < -0.4 is 10.1 Å². The van der Waals surface area contributed by atoms with Crippen LogP contribution in [0.2, 0.25) is 18.1 Å². The second-order valence-electron chi connectivity index (χ2n) is 11.1. The maximum Gasteiger partial charge on any atom is 0.433 e. The zero-order valence-electron chi connectivity index (χ0n) is 21.7. The van der Waals surface area contributed by atoms with Gasteiger partial charge in [0.25, 0.3) is 0 Å². The number of rotatable bonds is 8. The minimum absolute atomic E-state index is 0.0474. The molecule has 3 aromatic rings. The molecule has 0 aliphatic heterocycles. The Hall–Kier alpha value is -2.56. The van der Waals surface area contributed by atoms with Gasteiger partial charge in [0.05, 0.1) is 6.61 Å². The third-order valence-electron chi connectivity index (χ3n) is 7.46. The fourth-order valence-corrected chi connectivity index (χ4v) is 4.99. The van der Waals surface area contributed by atoms with E-state index in [1.807, 2.05) is 6.07 Å². The van der Waals surface area contributed by atoms with E-state index >= 15 is 4.39 Å². The van der Waals surface area contributed by atoms with Gasteiger partial charge in [0.15, 0.2) is 8.32 Å². The summed E-state index contributed by atoms with van der Waals surface area (Å²) in [6, 6.07) is 5.77. The summed E-state index contributed by atoms with van der Waals surface area (Å²) >= 11 is 0. The molecule has 0 radical (unpaired) electrons. The van der Waals surface area contributed by atoms with Crippen molar-refractivity contribution in [2.75, 3.05) is 0 Å². The molecule has 1 saturated carbocycles. The molecule has 1 aliphatic carbocycles. The lowest BCUT2D eigenvalue weighted by Gasteiger charge is -2.36. The monoisotopic (exact) mass is 535 g/mol. The summed E-state index contributed by atoms with van der Waals surface area (Å²) in [6.45, 7) is 11.5. The molecule has 2 heterocycles. The fraction of sp³-hybridized carbons (Fsp3) is 0.481. The van der Waals surface area contributed by atoms with E-state index in [2.05, 4.69) is 49.1 Å². The number of alkyl halides is 3. The van der Waals surface area contributed by atoms with E-state index in [4.69, 9.17) is 9.16 Å². The van der Waals surface area contributed by atoms with E-state index in [1.54, 1.807) is 18.5 Å². The smallest absolute Gasteiger partial charge is 0.433 e. The van der Waals surface area contributed by atoms with Crippen molar-refractivity contribution < 1.29 is 26.7 Å². The van der Waals surface area contributed by atoms with Crippen LogP contribution in [0.1, 0.15) is 50.4 Å². The van der Waals surface area contributed by atoms with Gasteiger partial charge in [-0.15, -0.1) is 0 Å². The Bertz CT molecular complexity index is 1250. The van der Waals surface area contributed by atoms with Gasteiger partial charge in [-0.3, -0.25) is 9.97 Å². The molecule has 0 unspecified atom stereocenters. The first-order chi connectivity index (χ1) is 17.2. The van der Waals surface area contributed by atoms with Gasteiger partial charge in [0.2, 0.25) is 0 Å². The number of ether oxygens (including phenoxy) is 1. The zero-order chi connectivity index (χ0) is 27.0. The molecule has 4 rings (SSSR count). The largest absolute Gasteiger partial charge is 0.490 e. The molecule has 1 aromatic carbocycles. The van der Waals surface area contributed by atoms with Crippen molar-refractivity contribution in [2.24, 2.45) is 0 Å². The van der Waals surface area contributed by atoms with Crippen LogP contribution in [0.4, 0.5) is 17.6 Å². The Kier molecular flexibility index (Phi) is 7.65. The van der Waals surface area contributed by atoms with E-state index in [0.717, 1.165) is 28.6 Å². The van der Waals surface area contributed by atoms with Crippen LogP contribution in [0.15, 0.2) is 42.9 Å². The molecule has 10 heteroatoms. The highest BCUT2D eigenvalue weighted by Crippen LogP contribution is 2.38. The van der Waals surface area contributed by atoms with Gasteiger partial charge >= 0.3 is 6.18 Å². The Labute approximate surface area is 215 Å². The molecule has 0 atom stereocenters. The van der Waals surface area contributed by atoms with E-state index in [1.165, 1.54) is 6.07 Å². The maximum atomic E-state index is 15.3. The average Bonchev–Trinajstić information content (AvgIpc) is 2.79. The lowest BCUT2D eigenvalue weighted by molar-refractivity contribution is -0.141. The Morgan fingerprint density at radius 2 is 1.78 bits per heavy atom. The Morgan fingerprint density at radius 3 is 2.46 bits per heavy atom. The van der Waals surface area contributed by atoms with Crippen molar-refractivity contribution >= 4 is 19.1 Å². The van der Waals surface area contributed by atoms with Crippen molar-refractivity contribution in [1.29, 1.82) is 0 Å². The first-order valence-corrected chi connectivity index (χ1v) is 15.3. The van der Waals surface area contributed by atoms with Gasteiger partial charge in [-0.2, -0.15) is 13.2 Å². The molecule has 1 fully saturated rings. The topological polar surface area (TPSA) is 56.3 Å². The van der Waals surface area contributed by atoms with E-state index in [0.29, 0.717) is 31.6 Å². The first-order valence-electron chi connectivity index (χ1n) is 12.4. The second kappa shape index (κ2) is 10.3. The molecule has 200 valence electrons. The molecule has 0 bridgehead atoms. The van der Waals surface area contributed by atoms with Crippen molar-refractivity contribution in [3.63, 3.8) is 0 Å². The molecular formula is C27H33F4N3O2Si. The van der Waals surface area contributed by atoms with Crippen molar-refractivity contribution in [2.45, 2.75) is 83.2 Å². The second-order valence-corrected chi connectivity index (χ2v) is 15.9. The summed E-state index contributed by atoms with van der Waals surface area (Å²) < 4.78 is 65.9. The number of halogens is 4. The summed E-state index contributed by atoms with van der Waals surface area (Å²) in [7, 11) is -2.01. The minimum Gasteiger partial charge on any atom is -0.490 e. The zero-order valence-corrected chi connectivity index (χ0v) is 22.7. The third-order valence-corrected chi connectivity index (χ3v) is 11.9. The highest BCUT2D eigenvalue weighted by molar-refractivity contribution is 6.74. The van der Waals surface area contributed by atoms with Gasteiger partial charge in [0, 0.05) is 48.2 Å². The van der Waals surface area contributed by atoms with Crippen molar-refractivity contribution in [1.82, 2.24) is 15.3 Å². The van der Waals surface area contributed by atoms with Crippen LogP contribution in [0.3, 0.4) is 0 Å². The number of hydrogen-bond acceptors (Lipinski definition) is 5. The van der Waals surface area contributed by atoms with Crippen LogP contribution in [0, 0.1) is 5.82 Å². The molecule has 2 aromatic heterocycles. The summed E-state index contributed by atoms with van der Waals surface area (Å²) in [5.74, 6) is -0.158. The molecule has 0 amide bonds. The van der Waals surface area contributed by atoms with Crippen molar-refractivity contribution in [3.05, 3.63) is 65.5 Å². The number of hydrogen-bond donors (Lipinski definition) is 1. The number of pyridine rings is 2. The van der Waals surface area contributed by atoms with Gasteiger partial charge in [0.1, 0.15) is 23.4 Å². The summed E-state index contributed by atoms with van der Waals surface area (Å²) in [4.78, 5) is 7.60. The van der Waals surface area contributed by atoms with Crippen LogP contribution in [-0.2, 0) is 23.8 Å². The first kappa shape index (κ1) is 27.5. The normalized spacial score (nSPS) is 18.6. The minimum atomic E-state index is -4.52. The average molecular weight is 536 g/mol. The van der Waals surface area contributed by atoms with Crippen LogP contribution in [-0.4, -0.2) is 30.4 Å². The fourth-order valence-electron chi connectivity index (χ4n) is 4.04. The summed E-state index contributed by atoms with van der Waals surface area (Å²) in [5, 5.41) is 5.07. The highest BCUT2D eigenvalue weighted by Gasteiger charge is 2.37. The van der Waals surface area contributed by atoms with E-state index in [9.17, 15) is 13.2 Å². The Balaban J connectivity index is 1.39. The highest BCUT2D eigenvalue weighted by atomic mass is 28.4. The SMILES string of the molecule is CC(C)(C)[Si](C)(C)OCc1cc(F)c(CNC2CC(Oc3ccnc(C(F)(F)F)c3)C2)c2ccncc12. The maximum absolute atomic E-state index is 15.3. The number of aromatic nitrogens is 2. The third kappa shape index (κ3) is 6.30. The van der Waals surface area contributed by atoms with Crippen LogP contribution >= 0.6 is 0 Å². The number of benzene rings is 1. The molecule has 0 saturated heterocycles.